The van der Waals surface area contributed by atoms with Crippen molar-refractivity contribution in [2.24, 2.45) is 0 Å². The maximum absolute atomic E-state index is 13.4. The van der Waals surface area contributed by atoms with Crippen molar-refractivity contribution in [3.8, 4) is 28.7 Å². The van der Waals surface area contributed by atoms with Gasteiger partial charge in [0.05, 0.1) is 42.1 Å². The number of fused-ring (bicyclic) bond motifs is 2. The van der Waals surface area contributed by atoms with Crippen LogP contribution in [0.25, 0.3) is 0 Å². The molecule has 1 heterocycles. The maximum atomic E-state index is 13.4. The van der Waals surface area contributed by atoms with E-state index in [0.717, 1.165) is 36.9 Å². The standard InChI is InChI=1S/C32H38N2O6/c1-36-27-11-10-23(31(39-4)32(27)40-5)16-26-25-18-29(38-3)28(37-2)17-22(25)12-13-34(26)19-30(35)33-24-14-20-8-6-7-9-21(20)15-24/h6-11,17-18,24,26H,12-16,19H2,1-5H3,(H,33,35). The van der Waals surface area contributed by atoms with Crippen LogP contribution in [0.4, 0.5) is 0 Å². The zero-order valence-electron chi connectivity index (χ0n) is 23.9. The normalized spacial score (nSPS) is 16.6. The van der Waals surface area contributed by atoms with E-state index in [1.165, 1.54) is 16.7 Å². The van der Waals surface area contributed by atoms with E-state index >= 15 is 0 Å². The molecule has 0 saturated carbocycles. The van der Waals surface area contributed by atoms with Crippen molar-refractivity contribution in [1.82, 2.24) is 10.2 Å². The van der Waals surface area contributed by atoms with Crippen molar-refractivity contribution < 1.29 is 28.5 Å². The molecule has 0 saturated heterocycles. The summed E-state index contributed by atoms with van der Waals surface area (Å²) in [6.07, 6.45) is 3.15. The number of benzene rings is 3. The van der Waals surface area contributed by atoms with E-state index in [4.69, 9.17) is 23.7 Å². The number of rotatable bonds is 10. The summed E-state index contributed by atoms with van der Waals surface area (Å²) in [5.74, 6) is 3.19. The van der Waals surface area contributed by atoms with Crippen LogP contribution in [0.5, 0.6) is 28.7 Å². The zero-order valence-corrected chi connectivity index (χ0v) is 23.9. The van der Waals surface area contributed by atoms with Crippen LogP contribution in [-0.4, -0.2) is 65.5 Å². The van der Waals surface area contributed by atoms with E-state index in [1.807, 2.05) is 18.2 Å². The summed E-state index contributed by atoms with van der Waals surface area (Å²) < 4.78 is 28.2. The van der Waals surface area contributed by atoms with Crippen molar-refractivity contribution in [3.63, 3.8) is 0 Å². The molecule has 0 bridgehead atoms. The largest absolute Gasteiger partial charge is 0.493 e. The monoisotopic (exact) mass is 546 g/mol. The van der Waals surface area contributed by atoms with Gasteiger partial charge in [-0.1, -0.05) is 30.3 Å². The van der Waals surface area contributed by atoms with Crippen LogP contribution in [-0.2, 0) is 30.5 Å². The van der Waals surface area contributed by atoms with Crippen LogP contribution in [0.3, 0.4) is 0 Å². The van der Waals surface area contributed by atoms with Gasteiger partial charge in [-0.2, -0.15) is 0 Å². The summed E-state index contributed by atoms with van der Waals surface area (Å²) in [7, 11) is 8.14. The van der Waals surface area contributed by atoms with Gasteiger partial charge in [0.1, 0.15) is 0 Å². The lowest BCUT2D eigenvalue weighted by molar-refractivity contribution is -0.123. The van der Waals surface area contributed by atoms with Gasteiger partial charge in [-0.3, -0.25) is 9.69 Å². The second-order valence-electron chi connectivity index (χ2n) is 10.3. The number of ether oxygens (including phenoxy) is 5. The number of methoxy groups -OCH3 is 5. The van der Waals surface area contributed by atoms with Crippen LogP contribution in [0.1, 0.15) is 33.9 Å². The number of carbonyl (C=O) groups excluding carboxylic acids is 1. The van der Waals surface area contributed by atoms with Gasteiger partial charge in [0.2, 0.25) is 11.7 Å². The van der Waals surface area contributed by atoms with Gasteiger partial charge in [-0.25, -0.2) is 0 Å². The molecule has 40 heavy (non-hydrogen) atoms. The molecule has 5 rings (SSSR count). The topological polar surface area (TPSA) is 78.5 Å². The Balaban J connectivity index is 1.44. The fraction of sp³-hybridized carbons (Fsp3) is 0.406. The number of hydrogen-bond donors (Lipinski definition) is 1. The lowest BCUT2D eigenvalue weighted by atomic mass is 9.87. The van der Waals surface area contributed by atoms with Gasteiger partial charge in [-0.15, -0.1) is 0 Å². The van der Waals surface area contributed by atoms with Crippen LogP contribution in [0.2, 0.25) is 0 Å². The molecule has 0 aromatic heterocycles. The average molecular weight is 547 g/mol. The Labute approximate surface area is 236 Å². The van der Waals surface area contributed by atoms with Gasteiger partial charge in [-0.05, 0) is 66.1 Å². The highest BCUT2D eigenvalue weighted by Crippen LogP contribution is 2.44. The number of nitrogens with one attached hydrogen (secondary N) is 1. The van der Waals surface area contributed by atoms with Gasteiger partial charge < -0.3 is 29.0 Å². The first-order valence-electron chi connectivity index (χ1n) is 13.6. The van der Waals surface area contributed by atoms with Gasteiger partial charge in [0.25, 0.3) is 0 Å². The van der Waals surface area contributed by atoms with Gasteiger partial charge in [0, 0.05) is 24.2 Å². The molecule has 2 aliphatic rings. The second kappa shape index (κ2) is 12.1. The molecule has 0 radical (unpaired) electrons. The Hall–Kier alpha value is -3.91. The molecule has 3 aromatic carbocycles. The molecule has 1 aliphatic heterocycles. The van der Waals surface area contributed by atoms with Crippen LogP contribution >= 0.6 is 0 Å². The minimum atomic E-state index is -0.0953. The summed E-state index contributed by atoms with van der Waals surface area (Å²) in [6, 6.07) is 16.4. The fourth-order valence-electron chi connectivity index (χ4n) is 6.16. The first-order chi connectivity index (χ1) is 19.5. The highest BCUT2D eigenvalue weighted by atomic mass is 16.5. The summed E-state index contributed by atoms with van der Waals surface area (Å²) in [4.78, 5) is 15.7. The molecule has 0 fully saturated rings. The third-order valence-electron chi connectivity index (χ3n) is 8.08. The Morgan fingerprint density at radius 2 is 1.45 bits per heavy atom. The van der Waals surface area contributed by atoms with E-state index in [0.29, 0.717) is 41.7 Å². The first kappa shape index (κ1) is 27.6. The zero-order chi connectivity index (χ0) is 28.2. The Bertz CT molecular complexity index is 1350. The highest BCUT2D eigenvalue weighted by Gasteiger charge is 2.33. The molecular weight excluding hydrogens is 508 g/mol. The SMILES string of the molecule is COc1cc2c(cc1OC)C(Cc1ccc(OC)c(OC)c1OC)N(CC(=O)NC1Cc3ccccc3C1)CC2. The Morgan fingerprint density at radius 1 is 0.800 bits per heavy atom. The summed E-state index contributed by atoms with van der Waals surface area (Å²) in [5, 5.41) is 3.29. The maximum Gasteiger partial charge on any atom is 0.234 e. The fourth-order valence-corrected chi connectivity index (χ4v) is 6.16. The van der Waals surface area contributed by atoms with Crippen molar-refractivity contribution in [1.29, 1.82) is 0 Å². The molecule has 1 amide bonds. The first-order valence-corrected chi connectivity index (χ1v) is 13.6. The van der Waals surface area contributed by atoms with Crippen LogP contribution < -0.4 is 29.0 Å². The predicted octanol–water partition coefficient (Wildman–Crippen LogP) is 4.16. The molecule has 8 heteroatoms. The van der Waals surface area contributed by atoms with E-state index < -0.39 is 0 Å². The van der Waals surface area contributed by atoms with E-state index in [1.54, 1.807) is 35.5 Å². The molecule has 1 unspecified atom stereocenters. The third-order valence-corrected chi connectivity index (χ3v) is 8.08. The van der Waals surface area contributed by atoms with Crippen LogP contribution in [0.15, 0.2) is 48.5 Å². The lowest BCUT2D eigenvalue weighted by Gasteiger charge is -2.38. The Kier molecular flexibility index (Phi) is 8.35. The summed E-state index contributed by atoms with van der Waals surface area (Å²) in [5.41, 5.74) is 5.90. The number of carbonyl (C=O) groups is 1. The quantitative estimate of drug-likeness (QED) is 0.409. The van der Waals surface area contributed by atoms with Crippen molar-refractivity contribution in [2.75, 3.05) is 48.6 Å². The molecule has 8 nitrogen and oxygen atoms in total. The predicted molar refractivity (Wildman–Crippen MR) is 153 cm³/mol. The molecule has 1 N–H and O–H groups in total. The van der Waals surface area contributed by atoms with E-state index in [2.05, 4.69) is 40.5 Å². The Morgan fingerprint density at radius 3 is 2.08 bits per heavy atom. The minimum absolute atomic E-state index is 0.0333. The average Bonchev–Trinajstić information content (AvgIpc) is 3.39. The van der Waals surface area contributed by atoms with E-state index in [9.17, 15) is 4.79 Å². The molecule has 1 atom stereocenters. The van der Waals surface area contributed by atoms with Gasteiger partial charge >= 0.3 is 0 Å². The second-order valence-corrected chi connectivity index (χ2v) is 10.3. The lowest BCUT2D eigenvalue weighted by Crippen LogP contribution is -2.46. The molecule has 1 aliphatic carbocycles. The summed E-state index contributed by atoms with van der Waals surface area (Å²) >= 11 is 0. The number of hydrogen-bond acceptors (Lipinski definition) is 7. The minimum Gasteiger partial charge on any atom is -0.493 e. The molecule has 3 aromatic rings. The highest BCUT2D eigenvalue weighted by molar-refractivity contribution is 5.78. The summed E-state index contributed by atoms with van der Waals surface area (Å²) in [6.45, 7) is 1.03. The number of nitrogens with zero attached hydrogens (tertiary/aromatic N) is 1. The molecular formula is C32H38N2O6. The molecule has 0 spiro atoms. The van der Waals surface area contributed by atoms with Gasteiger partial charge in [0.15, 0.2) is 23.0 Å². The molecule has 212 valence electrons. The smallest absolute Gasteiger partial charge is 0.234 e. The van der Waals surface area contributed by atoms with Crippen molar-refractivity contribution >= 4 is 5.91 Å². The van der Waals surface area contributed by atoms with Crippen molar-refractivity contribution in [3.05, 3.63) is 76.3 Å². The third kappa shape index (κ3) is 5.41. The van der Waals surface area contributed by atoms with E-state index in [-0.39, 0.29) is 18.0 Å². The van der Waals surface area contributed by atoms with Crippen molar-refractivity contribution in [2.45, 2.75) is 37.8 Å². The van der Waals surface area contributed by atoms with Crippen LogP contribution in [0, 0.1) is 0 Å². The number of amides is 1.